The van der Waals surface area contributed by atoms with E-state index in [2.05, 4.69) is 10.3 Å². The van der Waals surface area contributed by atoms with Crippen LogP contribution < -0.4 is 10.1 Å². The van der Waals surface area contributed by atoms with Gasteiger partial charge in [0.2, 0.25) is 0 Å². The number of anilines is 1. The minimum absolute atomic E-state index is 0.186. The van der Waals surface area contributed by atoms with Crippen molar-refractivity contribution in [1.29, 1.82) is 0 Å². The van der Waals surface area contributed by atoms with Gasteiger partial charge in [-0.15, -0.1) is 11.6 Å². The highest BCUT2D eigenvalue weighted by atomic mass is 35.5. The van der Waals surface area contributed by atoms with Crippen LogP contribution in [0.5, 0.6) is 5.75 Å². The van der Waals surface area contributed by atoms with Crippen molar-refractivity contribution >= 4 is 17.4 Å². The maximum absolute atomic E-state index is 5.67. The summed E-state index contributed by atoms with van der Waals surface area (Å²) in [5.74, 6) is 2.01. The molecule has 1 heterocycles. The molecule has 0 radical (unpaired) electrons. The molecule has 1 rings (SSSR count). The fourth-order valence-corrected chi connectivity index (χ4v) is 1.01. The van der Waals surface area contributed by atoms with Crippen molar-refractivity contribution in [3.05, 3.63) is 18.3 Å². The lowest BCUT2D eigenvalue weighted by Crippen LogP contribution is -2.17. The predicted molar refractivity (Wildman–Crippen MR) is 54.6 cm³/mol. The number of ether oxygens (including phenoxy) is 1. The van der Waals surface area contributed by atoms with Gasteiger partial charge in [-0.1, -0.05) is 0 Å². The van der Waals surface area contributed by atoms with Crippen molar-refractivity contribution in [2.75, 3.05) is 18.3 Å². The monoisotopic (exact) mass is 200 g/mol. The Morgan fingerprint density at radius 3 is 3.08 bits per heavy atom. The Morgan fingerprint density at radius 1 is 1.69 bits per heavy atom. The molecule has 0 aliphatic heterocycles. The van der Waals surface area contributed by atoms with E-state index < -0.39 is 0 Å². The standard InChI is InChI=1S/C9H13ClN2O/c1-7(6-10)12-9-8(13-2)4-3-5-11-9/h3-5,7H,6H2,1-2H3,(H,11,12). The number of methoxy groups -OCH3 is 1. The van der Waals surface area contributed by atoms with E-state index in [9.17, 15) is 0 Å². The van der Waals surface area contributed by atoms with Crippen LogP contribution in [0.15, 0.2) is 18.3 Å². The number of hydrogen-bond donors (Lipinski definition) is 1. The molecule has 0 amide bonds. The second-order valence-electron chi connectivity index (χ2n) is 2.75. The van der Waals surface area contributed by atoms with Crippen LogP contribution in [0, 0.1) is 0 Å². The number of halogens is 1. The summed E-state index contributed by atoms with van der Waals surface area (Å²) in [6.45, 7) is 1.99. The zero-order chi connectivity index (χ0) is 9.68. The number of nitrogens with zero attached hydrogens (tertiary/aromatic N) is 1. The van der Waals surface area contributed by atoms with Crippen LogP contribution in [0.25, 0.3) is 0 Å². The highest BCUT2D eigenvalue weighted by molar-refractivity contribution is 6.18. The Hall–Kier alpha value is -0.960. The lowest BCUT2D eigenvalue weighted by atomic mass is 10.3. The van der Waals surface area contributed by atoms with Crippen LogP contribution in [-0.2, 0) is 0 Å². The summed E-state index contributed by atoms with van der Waals surface area (Å²) >= 11 is 5.67. The summed E-state index contributed by atoms with van der Waals surface area (Å²) in [7, 11) is 1.62. The predicted octanol–water partition coefficient (Wildman–Crippen LogP) is 2.13. The van der Waals surface area contributed by atoms with E-state index in [-0.39, 0.29) is 6.04 Å². The first kappa shape index (κ1) is 10.1. The largest absolute Gasteiger partial charge is 0.493 e. The molecule has 1 unspecified atom stereocenters. The van der Waals surface area contributed by atoms with Gasteiger partial charge < -0.3 is 10.1 Å². The quantitative estimate of drug-likeness (QED) is 0.757. The van der Waals surface area contributed by atoms with Gasteiger partial charge in [0.25, 0.3) is 0 Å². The molecule has 13 heavy (non-hydrogen) atoms. The summed E-state index contributed by atoms with van der Waals surface area (Å²) in [4.78, 5) is 4.14. The maximum Gasteiger partial charge on any atom is 0.168 e. The number of aromatic nitrogens is 1. The zero-order valence-corrected chi connectivity index (χ0v) is 8.51. The van der Waals surface area contributed by atoms with E-state index in [1.54, 1.807) is 13.3 Å². The van der Waals surface area contributed by atoms with Crippen molar-refractivity contribution in [3.8, 4) is 5.75 Å². The third-order valence-electron chi connectivity index (χ3n) is 1.61. The molecule has 1 N–H and O–H groups in total. The molecule has 4 heteroatoms. The highest BCUT2D eigenvalue weighted by Gasteiger charge is 2.05. The van der Waals surface area contributed by atoms with Gasteiger partial charge in [0, 0.05) is 18.1 Å². The minimum Gasteiger partial charge on any atom is -0.493 e. The summed E-state index contributed by atoms with van der Waals surface area (Å²) < 4.78 is 5.12. The number of nitrogens with one attached hydrogen (secondary N) is 1. The van der Waals surface area contributed by atoms with Gasteiger partial charge in [-0.2, -0.15) is 0 Å². The second kappa shape index (κ2) is 4.92. The summed E-state index contributed by atoms with van der Waals surface area (Å²) in [6, 6.07) is 3.87. The molecule has 72 valence electrons. The van der Waals surface area contributed by atoms with E-state index >= 15 is 0 Å². The zero-order valence-electron chi connectivity index (χ0n) is 7.75. The van der Waals surface area contributed by atoms with Gasteiger partial charge in [0.05, 0.1) is 7.11 Å². The van der Waals surface area contributed by atoms with Crippen molar-refractivity contribution in [1.82, 2.24) is 4.98 Å². The van der Waals surface area contributed by atoms with Gasteiger partial charge in [0.1, 0.15) is 0 Å². The van der Waals surface area contributed by atoms with Crippen LogP contribution in [-0.4, -0.2) is 24.0 Å². The Kier molecular flexibility index (Phi) is 3.83. The molecule has 1 atom stereocenters. The average molecular weight is 201 g/mol. The molecule has 0 fully saturated rings. The summed E-state index contributed by atoms with van der Waals surface area (Å²) in [5.41, 5.74) is 0. The molecule has 0 aliphatic rings. The smallest absolute Gasteiger partial charge is 0.168 e. The number of alkyl halides is 1. The Balaban J connectivity index is 2.74. The number of pyridine rings is 1. The molecule has 0 aromatic carbocycles. The molecule has 1 aromatic heterocycles. The lowest BCUT2D eigenvalue weighted by molar-refractivity contribution is 0.414. The van der Waals surface area contributed by atoms with E-state index in [0.717, 1.165) is 11.6 Å². The molecule has 3 nitrogen and oxygen atoms in total. The van der Waals surface area contributed by atoms with Crippen molar-refractivity contribution in [2.24, 2.45) is 0 Å². The van der Waals surface area contributed by atoms with E-state index in [1.165, 1.54) is 0 Å². The molecule has 0 bridgehead atoms. The van der Waals surface area contributed by atoms with E-state index in [1.807, 2.05) is 19.1 Å². The first-order chi connectivity index (χ1) is 6.27. The molecular formula is C9H13ClN2O. The Labute approximate surface area is 83.1 Å². The van der Waals surface area contributed by atoms with Gasteiger partial charge >= 0.3 is 0 Å². The molecule has 0 saturated carbocycles. The van der Waals surface area contributed by atoms with Crippen molar-refractivity contribution < 1.29 is 4.74 Å². The first-order valence-electron chi connectivity index (χ1n) is 4.09. The maximum atomic E-state index is 5.67. The lowest BCUT2D eigenvalue weighted by Gasteiger charge is -2.13. The molecule has 0 aliphatic carbocycles. The van der Waals surface area contributed by atoms with Crippen LogP contribution >= 0.6 is 11.6 Å². The van der Waals surface area contributed by atoms with Crippen molar-refractivity contribution in [2.45, 2.75) is 13.0 Å². The van der Waals surface area contributed by atoms with E-state index in [4.69, 9.17) is 16.3 Å². The molecule has 0 spiro atoms. The summed E-state index contributed by atoms with van der Waals surface area (Å²) in [5, 5.41) is 3.14. The van der Waals surface area contributed by atoms with Gasteiger partial charge in [0.15, 0.2) is 11.6 Å². The van der Waals surface area contributed by atoms with Gasteiger partial charge in [-0.05, 0) is 19.1 Å². The number of rotatable bonds is 4. The third-order valence-corrected chi connectivity index (χ3v) is 2.07. The van der Waals surface area contributed by atoms with Crippen LogP contribution in [0.3, 0.4) is 0 Å². The summed E-state index contributed by atoms with van der Waals surface area (Å²) in [6.07, 6.45) is 1.71. The topological polar surface area (TPSA) is 34.1 Å². The third kappa shape index (κ3) is 2.77. The second-order valence-corrected chi connectivity index (χ2v) is 3.06. The molecule has 0 saturated heterocycles. The average Bonchev–Trinajstić information content (AvgIpc) is 2.18. The van der Waals surface area contributed by atoms with Crippen molar-refractivity contribution in [3.63, 3.8) is 0 Å². The normalized spacial score (nSPS) is 12.2. The molecular weight excluding hydrogens is 188 g/mol. The van der Waals surface area contributed by atoms with E-state index in [0.29, 0.717) is 5.88 Å². The minimum atomic E-state index is 0.186. The number of hydrogen-bond acceptors (Lipinski definition) is 3. The van der Waals surface area contributed by atoms with Crippen LogP contribution in [0.4, 0.5) is 5.82 Å². The fraction of sp³-hybridized carbons (Fsp3) is 0.444. The Bertz CT molecular complexity index is 268. The SMILES string of the molecule is COc1cccnc1NC(C)CCl. The van der Waals surface area contributed by atoms with Gasteiger partial charge in [-0.3, -0.25) is 0 Å². The highest BCUT2D eigenvalue weighted by Crippen LogP contribution is 2.20. The van der Waals surface area contributed by atoms with Gasteiger partial charge in [-0.25, -0.2) is 4.98 Å². The fourth-order valence-electron chi connectivity index (χ4n) is 0.936. The first-order valence-corrected chi connectivity index (χ1v) is 4.63. The molecule has 1 aromatic rings. The van der Waals surface area contributed by atoms with Crippen LogP contribution in [0.1, 0.15) is 6.92 Å². The van der Waals surface area contributed by atoms with Crippen LogP contribution in [0.2, 0.25) is 0 Å². The Morgan fingerprint density at radius 2 is 2.46 bits per heavy atom.